The predicted molar refractivity (Wildman–Crippen MR) is 65.8 cm³/mol. The Labute approximate surface area is 100 Å². The molecular weight excluding hydrogens is 212 g/mol. The maximum Gasteiger partial charge on any atom is 0.156 e. The summed E-state index contributed by atoms with van der Waals surface area (Å²) >= 11 is 0. The molecule has 2 heteroatoms. The largest absolute Gasteiger partial charge is 0.482 e. The Morgan fingerprint density at radius 1 is 1.00 bits per heavy atom. The first-order valence-electron chi connectivity index (χ1n) is 5.73. The number of rotatable bonds is 1. The van der Waals surface area contributed by atoms with Crippen LogP contribution in [0.4, 0.5) is 0 Å². The van der Waals surface area contributed by atoms with Gasteiger partial charge in [0.25, 0.3) is 0 Å². The van der Waals surface area contributed by atoms with Crippen LogP contribution in [0.3, 0.4) is 0 Å². The van der Waals surface area contributed by atoms with Crippen LogP contribution in [0, 0.1) is 0 Å². The molecule has 0 fully saturated rings. The third-order valence-electron chi connectivity index (χ3n) is 3.29. The minimum Gasteiger partial charge on any atom is -0.482 e. The molecular formula is C15H14O2. The zero-order chi connectivity index (χ0) is 11.9. The van der Waals surface area contributed by atoms with Gasteiger partial charge in [-0.15, -0.1) is 0 Å². The van der Waals surface area contributed by atoms with E-state index >= 15 is 0 Å². The standard InChI is InChI=1S/C15H14O2/c1-15(16)12-9-5-6-10-13(12)17-14(15)11-7-3-2-4-8-11/h2-10,14,16H,1H3/t14-,15+/m0/s1. The van der Waals surface area contributed by atoms with Crippen LogP contribution in [-0.4, -0.2) is 5.11 Å². The van der Waals surface area contributed by atoms with Gasteiger partial charge < -0.3 is 9.84 Å². The van der Waals surface area contributed by atoms with E-state index in [1.807, 2.05) is 54.6 Å². The molecule has 2 aromatic carbocycles. The number of para-hydroxylation sites is 1. The first kappa shape index (κ1) is 10.4. The van der Waals surface area contributed by atoms with Crippen molar-refractivity contribution in [3.05, 3.63) is 65.7 Å². The van der Waals surface area contributed by atoms with E-state index in [1.165, 1.54) is 0 Å². The molecule has 1 aliphatic heterocycles. The quantitative estimate of drug-likeness (QED) is 0.810. The molecule has 0 aliphatic carbocycles. The Kier molecular flexibility index (Phi) is 2.20. The van der Waals surface area contributed by atoms with Crippen LogP contribution in [0.2, 0.25) is 0 Å². The molecule has 1 N–H and O–H groups in total. The van der Waals surface area contributed by atoms with Gasteiger partial charge in [-0.2, -0.15) is 0 Å². The van der Waals surface area contributed by atoms with Crippen LogP contribution in [-0.2, 0) is 5.60 Å². The van der Waals surface area contributed by atoms with Crippen LogP contribution in [0.5, 0.6) is 5.75 Å². The molecule has 0 unspecified atom stereocenters. The van der Waals surface area contributed by atoms with Crippen LogP contribution < -0.4 is 4.74 Å². The fraction of sp³-hybridized carbons (Fsp3) is 0.200. The van der Waals surface area contributed by atoms with E-state index < -0.39 is 5.60 Å². The zero-order valence-electron chi connectivity index (χ0n) is 9.63. The fourth-order valence-electron chi connectivity index (χ4n) is 2.39. The third kappa shape index (κ3) is 1.53. The van der Waals surface area contributed by atoms with Crippen LogP contribution >= 0.6 is 0 Å². The second-order valence-electron chi connectivity index (χ2n) is 4.55. The van der Waals surface area contributed by atoms with Crippen molar-refractivity contribution in [1.29, 1.82) is 0 Å². The first-order chi connectivity index (χ1) is 8.19. The molecule has 0 spiro atoms. The number of hydrogen-bond acceptors (Lipinski definition) is 2. The number of aliphatic hydroxyl groups is 1. The Morgan fingerprint density at radius 2 is 1.65 bits per heavy atom. The molecule has 2 aromatic rings. The van der Waals surface area contributed by atoms with E-state index in [9.17, 15) is 5.11 Å². The lowest BCUT2D eigenvalue weighted by molar-refractivity contribution is -0.0260. The van der Waals surface area contributed by atoms with Gasteiger partial charge in [-0.3, -0.25) is 0 Å². The van der Waals surface area contributed by atoms with E-state index in [4.69, 9.17) is 4.74 Å². The molecule has 0 saturated carbocycles. The highest BCUT2D eigenvalue weighted by atomic mass is 16.5. The topological polar surface area (TPSA) is 29.5 Å². The van der Waals surface area contributed by atoms with Gasteiger partial charge in [0.1, 0.15) is 11.4 Å². The summed E-state index contributed by atoms with van der Waals surface area (Å²) in [6.07, 6.45) is -0.332. The van der Waals surface area contributed by atoms with Crippen molar-refractivity contribution >= 4 is 0 Å². The average Bonchev–Trinajstić information content (AvgIpc) is 2.63. The van der Waals surface area contributed by atoms with Gasteiger partial charge in [-0.1, -0.05) is 48.5 Å². The normalized spacial score (nSPS) is 26.4. The second-order valence-corrected chi connectivity index (χ2v) is 4.55. The van der Waals surface area contributed by atoms with E-state index in [2.05, 4.69) is 0 Å². The van der Waals surface area contributed by atoms with Gasteiger partial charge >= 0.3 is 0 Å². The molecule has 0 amide bonds. The molecule has 2 nitrogen and oxygen atoms in total. The van der Waals surface area contributed by atoms with Crippen LogP contribution in [0.1, 0.15) is 24.2 Å². The predicted octanol–water partition coefficient (Wildman–Crippen LogP) is 3.03. The van der Waals surface area contributed by atoms with Gasteiger partial charge in [-0.25, -0.2) is 0 Å². The summed E-state index contributed by atoms with van der Waals surface area (Å²) in [5, 5.41) is 10.6. The van der Waals surface area contributed by atoms with Crippen LogP contribution in [0.25, 0.3) is 0 Å². The molecule has 0 saturated heterocycles. The fourth-order valence-corrected chi connectivity index (χ4v) is 2.39. The summed E-state index contributed by atoms with van der Waals surface area (Å²) in [6, 6.07) is 17.5. The van der Waals surface area contributed by atoms with Crippen molar-refractivity contribution in [2.45, 2.75) is 18.6 Å². The van der Waals surface area contributed by atoms with E-state index in [0.717, 1.165) is 16.9 Å². The lowest BCUT2D eigenvalue weighted by Crippen LogP contribution is -2.27. The summed E-state index contributed by atoms with van der Waals surface area (Å²) in [5.74, 6) is 0.770. The Bertz CT molecular complexity index is 532. The minimum absolute atomic E-state index is 0.332. The summed E-state index contributed by atoms with van der Waals surface area (Å²) in [6.45, 7) is 1.80. The van der Waals surface area contributed by atoms with Crippen molar-refractivity contribution in [2.24, 2.45) is 0 Å². The first-order valence-corrected chi connectivity index (χ1v) is 5.73. The van der Waals surface area contributed by atoms with Gasteiger partial charge in [0, 0.05) is 5.56 Å². The SMILES string of the molecule is C[C@@]1(O)c2ccccc2O[C@H]1c1ccccc1. The maximum atomic E-state index is 10.6. The van der Waals surface area contributed by atoms with Gasteiger partial charge in [0.05, 0.1) is 0 Å². The van der Waals surface area contributed by atoms with Crippen LogP contribution in [0.15, 0.2) is 54.6 Å². The highest BCUT2D eigenvalue weighted by Crippen LogP contribution is 2.48. The minimum atomic E-state index is -0.974. The Morgan fingerprint density at radius 3 is 2.35 bits per heavy atom. The molecule has 2 atom stereocenters. The van der Waals surface area contributed by atoms with E-state index in [1.54, 1.807) is 6.92 Å². The van der Waals surface area contributed by atoms with Crippen molar-refractivity contribution in [1.82, 2.24) is 0 Å². The summed E-state index contributed by atoms with van der Waals surface area (Å²) in [5.41, 5.74) is 0.875. The van der Waals surface area contributed by atoms with Gasteiger partial charge in [-0.05, 0) is 18.6 Å². The summed E-state index contributed by atoms with van der Waals surface area (Å²) in [4.78, 5) is 0. The summed E-state index contributed by atoms with van der Waals surface area (Å²) in [7, 11) is 0. The molecule has 1 heterocycles. The van der Waals surface area contributed by atoms with Crippen molar-refractivity contribution in [3.63, 3.8) is 0 Å². The molecule has 1 aliphatic rings. The smallest absolute Gasteiger partial charge is 0.156 e. The number of ether oxygens (including phenoxy) is 1. The molecule has 0 radical (unpaired) electrons. The number of hydrogen-bond donors (Lipinski definition) is 1. The van der Waals surface area contributed by atoms with Crippen molar-refractivity contribution in [3.8, 4) is 5.75 Å². The van der Waals surface area contributed by atoms with Gasteiger partial charge in [0.15, 0.2) is 6.10 Å². The van der Waals surface area contributed by atoms with Crippen molar-refractivity contribution < 1.29 is 9.84 Å². The number of fused-ring (bicyclic) bond motifs is 1. The molecule has 3 rings (SSSR count). The molecule has 17 heavy (non-hydrogen) atoms. The molecule has 86 valence electrons. The lowest BCUT2D eigenvalue weighted by Gasteiger charge is -2.24. The Balaban J connectivity index is 2.07. The highest BCUT2D eigenvalue weighted by Gasteiger charge is 2.44. The van der Waals surface area contributed by atoms with E-state index in [0.29, 0.717) is 0 Å². The zero-order valence-corrected chi connectivity index (χ0v) is 9.63. The highest BCUT2D eigenvalue weighted by molar-refractivity contribution is 5.44. The van der Waals surface area contributed by atoms with Gasteiger partial charge in [0.2, 0.25) is 0 Å². The average molecular weight is 226 g/mol. The molecule has 0 bridgehead atoms. The second kappa shape index (κ2) is 3.60. The molecule has 0 aromatic heterocycles. The third-order valence-corrected chi connectivity index (χ3v) is 3.29. The monoisotopic (exact) mass is 226 g/mol. The Hall–Kier alpha value is -1.80. The van der Waals surface area contributed by atoms with E-state index in [-0.39, 0.29) is 6.10 Å². The lowest BCUT2D eigenvalue weighted by atomic mass is 9.88. The summed E-state index contributed by atoms with van der Waals surface area (Å²) < 4.78 is 5.86. The number of benzene rings is 2. The maximum absolute atomic E-state index is 10.6. The van der Waals surface area contributed by atoms with Crippen molar-refractivity contribution in [2.75, 3.05) is 0 Å².